The van der Waals surface area contributed by atoms with Crippen LogP contribution < -0.4 is 10.2 Å². The van der Waals surface area contributed by atoms with Crippen molar-refractivity contribution in [2.45, 2.75) is 32.6 Å². The van der Waals surface area contributed by atoms with E-state index < -0.39 is 0 Å². The number of pyridine rings is 1. The number of aromatic nitrogens is 1. The van der Waals surface area contributed by atoms with Gasteiger partial charge in [-0.1, -0.05) is 25.0 Å². The predicted octanol–water partition coefficient (Wildman–Crippen LogP) is 3.97. The number of aryl methyl sites for hydroxylation is 1. The Morgan fingerprint density at radius 3 is 2.55 bits per heavy atom. The smallest absolute Gasteiger partial charge is 0.136 e. The lowest BCUT2D eigenvalue weighted by molar-refractivity contribution is 0.726. The molecule has 0 atom stereocenters. The molecule has 0 bridgehead atoms. The minimum absolute atomic E-state index is 1.13. The molecule has 1 saturated heterocycles. The fourth-order valence-electron chi connectivity index (χ4n) is 3.20. The Labute approximate surface area is 121 Å². The number of fused-ring (bicyclic) bond motifs is 1. The average molecular weight is 269 g/mol. The van der Waals surface area contributed by atoms with E-state index in [2.05, 4.69) is 35.3 Å². The molecule has 106 valence electrons. The van der Waals surface area contributed by atoms with E-state index in [4.69, 9.17) is 4.98 Å². The van der Waals surface area contributed by atoms with E-state index in [-0.39, 0.29) is 0 Å². The second-order valence-corrected chi connectivity index (χ2v) is 5.64. The Balaban J connectivity index is 2.13. The lowest BCUT2D eigenvalue weighted by Crippen LogP contribution is -2.25. The summed E-state index contributed by atoms with van der Waals surface area (Å²) in [6.45, 7) is 4.41. The maximum Gasteiger partial charge on any atom is 0.136 e. The minimum Gasteiger partial charge on any atom is -0.388 e. The third kappa shape index (κ3) is 2.33. The van der Waals surface area contributed by atoms with Crippen LogP contribution in [0.25, 0.3) is 10.8 Å². The van der Waals surface area contributed by atoms with Crippen LogP contribution in [0, 0.1) is 6.92 Å². The first-order valence-corrected chi connectivity index (χ1v) is 7.62. The van der Waals surface area contributed by atoms with Crippen molar-refractivity contribution in [1.82, 2.24) is 4.98 Å². The van der Waals surface area contributed by atoms with Crippen molar-refractivity contribution >= 4 is 22.3 Å². The van der Waals surface area contributed by atoms with Crippen molar-refractivity contribution < 1.29 is 0 Å². The molecular formula is C17H23N3. The number of hydrogen-bond donors (Lipinski definition) is 1. The standard InChI is InChI=1S/C17H23N3/c1-13-12-19-17(20-10-5-3-4-6-11-20)14-8-7-9-15(18-2)16(13)14/h7-9,12,18H,3-6,10-11H2,1-2H3. The SMILES string of the molecule is CNc1cccc2c(N3CCCCCC3)ncc(C)c12. The Hall–Kier alpha value is -1.77. The average Bonchev–Trinajstić information content (AvgIpc) is 2.76. The molecule has 3 rings (SSSR count). The number of hydrogen-bond acceptors (Lipinski definition) is 3. The Kier molecular flexibility index (Phi) is 3.77. The molecular weight excluding hydrogens is 246 g/mol. The van der Waals surface area contributed by atoms with Crippen LogP contribution in [0.1, 0.15) is 31.2 Å². The van der Waals surface area contributed by atoms with E-state index in [1.807, 2.05) is 13.2 Å². The van der Waals surface area contributed by atoms with E-state index in [9.17, 15) is 0 Å². The van der Waals surface area contributed by atoms with Crippen LogP contribution in [-0.4, -0.2) is 25.1 Å². The topological polar surface area (TPSA) is 28.2 Å². The molecule has 1 aromatic heterocycles. The Bertz CT molecular complexity index is 598. The van der Waals surface area contributed by atoms with Gasteiger partial charge in [-0.2, -0.15) is 0 Å². The largest absolute Gasteiger partial charge is 0.388 e. The van der Waals surface area contributed by atoms with E-state index in [1.165, 1.54) is 47.7 Å². The van der Waals surface area contributed by atoms with E-state index in [1.54, 1.807) is 0 Å². The first-order valence-electron chi connectivity index (χ1n) is 7.62. The lowest BCUT2D eigenvalue weighted by Gasteiger charge is -2.24. The molecule has 0 amide bonds. The van der Waals surface area contributed by atoms with Crippen LogP contribution in [-0.2, 0) is 0 Å². The van der Waals surface area contributed by atoms with Gasteiger partial charge in [0.1, 0.15) is 5.82 Å². The van der Waals surface area contributed by atoms with Gasteiger partial charge in [0.05, 0.1) is 0 Å². The molecule has 0 radical (unpaired) electrons. The van der Waals surface area contributed by atoms with Gasteiger partial charge in [-0.25, -0.2) is 4.98 Å². The Morgan fingerprint density at radius 1 is 1.10 bits per heavy atom. The fraction of sp³-hybridized carbons (Fsp3) is 0.471. The normalized spacial score (nSPS) is 16.2. The highest BCUT2D eigenvalue weighted by atomic mass is 15.2. The number of benzene rings is 1. The van der Waals surface area contributed by atoms with Crippen LogP contribution in [0.3, 0.4) is 0 Å². The van der Waals surface area contributed by atoms with Gasteiger partial charge in [-0.15, -0.1) is 0 Å². The van der Waals surface area contributed by atoms with Crippen LogP contribution >= 0.6 is 0 Å². The fourth-order valence-corrected chi connectivity index (χ4v) is 3.20. The summed E-state index contributed by atoms with van der Waals surface area (Å²) in [6, 6.07) is 6.47. The third-order valence-electron chi connectivity index (χ3n) is 4.26. The van der Waals surface area contributed by atoms with Gasteiger partial charge in [-0.3, -0.25) is 0 Å². The van der Waals surface area contributed by atoms with E-state index in [0.29, 0.717) is 0 Å². The van der Waals surface area contributed by atoms with Gasteiger partial charge in [0.25, 0.3) is 0 Å². The van der Waals surface area contributed by atoms with Crippen molar-refractivity contribution in [1.29, 1.82) is 0 Å². The molecule has 2 aromatic rings. The van der Waals surface area contributed by atoms with Gasteiger partial charge in [-0.05, 0) is 31.4 Å². The molecule has 1 fully saturated rings. The molecule has 1 aliphatic heterocycles. The number of anilines is 2. The van der Waals surface area contributed by atoms with Crippen LogP contribution in [0.15, 0.2) is 24.4 Å². The number of nitrogens with one attached hydrogen (secondary N) is 1. The summed E-state index contributed by atoms with van der Waals surface area (Å²) in [4.78, 5) is 7.21. The molecule has 0 saturated carbocycles. The highest BCUT2D eigenvalue weighted by molar-refractivity contribution is 6.02. The first-order chi connectivity index (χ1) is 9.81. The predicted molar refractivity (Wildman–Crippen MR) is 86.7 cm³/mol. The summed E-state index contributed by atoms with van der Waals surface area (Å²) in [6.07, 6.45) is 7.28. The molecule has 20 heavy (non-hydrogen) atoms. The van der Waals surface area contributed by atoms with Crippen molar-refractivity contribution in [3.05, 3.63) is 30.0 Å². The van der Waals surface area contributed by atoms with Crippen molar-refractivity contribution in [3.63, 3.8) is 0 Å². The summed E-state index contributed by atoms with van der Waals surface area (Å²) in [5.74, 6) is 1.16. The Morgan fingerprint density at radius 2 is 1.85 bits per heavy atom. The number of rotatable bonds is 2. The summed E-state index contributed by atoms with van der Waals surface area (Å²) in [7, 11) is 1.99. The van der Waals surface area contributed by atoms with Crippen LogP contribution in [0.5, 0.6) is 0 Å². The highest BCUT2D eigenvalue weighted by Crippen LogP contribution is 2.33. The van der Waals surface area contributed by atoms with Crippen molar-refractivity contribution in [3.8, 4) is 0 Å². The summed E-state index contributed by atoms with van der Waals surface area (Å²) < 4.78 is 0. The molecule has 1 aliphatic rings. The summed E-state index contributed by atoms with van der Waals surface area (Å²) >= 11 is 0. The lowest BCUT2D eigenvalue weighted by atomic mass is 10.1. The van der Waals surface area contributed by atoms with Gasteiger partial charge < -0.3 is 10.2 Å². The molecule has 0 spiro atoms. The van der Waals surface area contributed by atoms with Crippen molar-refractivity contribution in [2.75, 3.05) is 30.4 Å². The van der Waals surface area contributed by atoms with Gasteiger partial charge in [0, 0.05) is 42.8 Å². The molecule has 0 aliphatic carbocycles. The zero-order chi connectivity index (χ0) is 13.9. The summed E-state index contributed by atoms with van der Waals surface area (Å²) in [5, 5.41) is 5.89. The molecule has 1 aromatic carbocycles. The zero-order valence-corrected chi connectivity index (χ0v) is 12.4. The van der Waals surface area contributed by atoms with Gasteiger partial charge >= 0.3 is 0 Å². The number of nitrogens with zero attached hydrogens (tertiary/aromatic N) is 2. The van der Waals surface area contributed by atoms with E-state index >= 15 is 0 Å². The van der Waals surface area contributed by atoms with Gasteiger partial charge in [0.2, 0.25) is 0 Å². The maximum absolute atomic E-state index is 4.75. The quantitative estimate of drug-likeness (QED) is 0.894. The van der Waals surface area contributed by atoms with E-state index in [0.717, 1.165) is 18.9 Å². The molecule has 1 N–H and O–H groups in total. The maximum atomic E-state index is 4.75. The second-order valence-electron chi connectivity index (χ2n) is 5.64. The third-order valence-corrected chi connectivity index (χ3v) is 4.26. The molecule has 3 nitrogen and oxygen atoms in total. The summed E-state index contributed by atoms with van der Waals surface area (Å²) in [5.41, 5.74) is 2.43. The van der Waals surface area contributed by atoms with Gasteiger partial charge in [0.15, 0.2) is 0 Å². The molecule has 0 unspecified atom stereocenters. The van der Waals surface area contributed by atoms with Crippen LogP contribution in [0.4, 0.5) is 11.5 Å². The minimum atomic E-state index is 1.13. The first kappa shape index (κ1) is 13.2. The van der Waals surface area contributed by atoms with Crippen LogP contribution in [0.2, 0.25) is 0 Å². The monoisotopic (exact) mass is 269 g/mol. The second kappa shape index (κ2) is 5.70. The molecule has 2 heterocycles. The van der Waals surface area contributed by atoms with Crippen molar-refractivity contribution in [2.24, 2.45) is 0 Å². The highest BCUT2D eigenvalue weighted by Gasteiger charge is 2.15. The molecule has 3 heteroatoms. The zero-order valence-electron chi connectivity index (χ0n) is 12.4.